The summed E-state index contributed by atoms with van der Waals surface area (Å²) in [6, 6.07) is 0. The first-order valence-electron chi connectivity index (χ1n) is 5.30. The molecule has 0 spiro atoms. The number of alkyl halides is 3. The fraction of sp³-hybridized carbons (Fsp3) is 0.900. The summed E-state index contributed by atoms with van der Waals surface area (Å²) in [5.41, 5.74) is 0. The maximum Gasteiger partial charge on any atom is 0.389 e. The van der Waals surface area contributed by atoms with E-state index in [4.69, 9.17) is 0 Å². The van der Waals surface area contributed by atoms with Gasteiger partial charge < -0.3 is 10.2 Å². The summed E-state index contributed by atoms with van der Waals surface area (Å²) in [6.07, 6.45) is -3.79. The first kappa shape index (κ1) is 15.2. The normalized spacial score (nSPS) is 11.6. The van der Waals surface area contributed by atoms with Crippen LogP contribution >= 0.6 is 0 Å². The van der Waals surface area contributed by atoms with E-state index in [-0.39, 0.29) is 12.3 Å². The van der Waals surface area contributed by atoms with E-state index in [2.05, 4.69) is 5.32 Å². The van der Waals surface area contributed by atoms with Gasteiger partial charge in [-0.3, -0.25) is 4.79 Å². The Bertz CT molecular complexity index is 205. The van der Waals surface area contributed by atoms with Gasteiger partial charge in [0, 0.05) is 33.5 Å². The zero-order valence-electron chi connectivity index (χ0n) is 9.73. The minimum absolute atomic E-state index is 0.0165. The second-order valence-electron chi connectivity index (χ2n) is 3.86. The van der Waals surface area contributed by atoms with Crippen LogP contribution in [0, 0.1) is 0 Å². The smallest absolute Gasteiger partial charge is 0.349 e. The largest absolute Gasteiger partial charge is 0.389 e. The van der Waals surface area contributed by atoms with E-state index in [1.54, 1.807) is 14.1 Å². The lowest BCUT2D eigenvalue weighted by atomic mass is 10.2. The number of hydrogen-bond acceptors (Lipinski definition) is 2. The minimum Gasteiger partial charge on any atom is -0.349 e. The highest BCUT2D eigenvalue weighted by Gasteiger charge is 2.25. The van der Waals surface area contributed by atoms with Crippen molar-refractivity contribution in [3.63, 3.8) is 0 Å². The Balaban J connectivity index is 3.26. The third-order valence-electron chi connectivity index (χ3n) is 2.08. The molecule has 16 heavy (non-hydrogen) atoms. The molecule has 0 atom stereocenters. The minimum atomic E-state index is -4.05. The molecule has 0 aliphatic rings. The van der Waals surface area contributed by atoms with Crippen molar-refractivity contribution < 1.29 is 18.0 Å². The Morgan fingerprint density at radius 1 is 1.19 bits per heavy atom. The number of carbonyl (C=O) groups excluding carboxylic acids is 1. The summed E-state index contributed by atoms with van der Waals surface area (Å²) in [6.45, 7) is 1.04. The van der Waals surface area contributed by atoms with Gasteiger partial charge in [0.2, 0.25) is 5.91 Å². The lowest BCUT2D eigenvalue weighted by Gasteiger charge is -2.10. The van der Waals surface area contributed by atoms with E-state index in [1.807, 2.05) is 0 Å². The van der Waals surface area contributed by atoms with Gasteiger partial charge >= 0.3 is 6.18 Å². The summed E-state index contributed by atoms with van der Waals surface area (Å²) in [5.74, 6) is 0.0165. The van der Waals surface area contributed by atoms with Crippen LogP contribution in [0.3, 0.4) is 0 Å². The van der Waals surface area contributed by atoms with Crippen molar-refractivity contribution in [2.45, 2.75) is 31.9 Å². The number of nitrogens with one attached hydrogen (secondary N) is 1. The number of halogens is 3. The third kappa shape index (κ3) is 9.76. The average Bonchev–Trinajstić information content (AvgIpc) is 2.14. The molecule has 1 N–H and O–H groups in total. The van der Waals surface area contributed by atoms with Crippen molar-refractivity contribution in [3.05, 3.63) is 0 Å². The van der Waals surface area contributed by atoms with Crippen LogP contribution in [-0.2, 0) is 4.79 Å². The summed E-state index contributed by atoms with van der Waals surface area (Å²) in [7, 11) is 3.34. The number of carbonyl (C=O) groups is 1. The van der Waals surface area contributed by atoms with Gasteiger partial charge in [0.1, 0.15) is 0 Å². The molecule has 3 nitrogen and oxygen atoms in total. The SMILES string of the molecule is CN(C)C(=O)CCNCCCCC(F)(F)F. The van der Waals surface area contributed by atoms with Crippen molar-refractivity contribution in [2.24, 2.45) is 0 Å². The van der Waals surface area contributed by atoms with Crippen molar-refractivity contribution in [1.82, 2.24) is 10.2 Å². The highest BCUT2D eigenvalue weighted by molar-refractivity contribution is 5.75. The highest BCUT2D eigenvalue weighted by atomic mass is 19.4. The number of hydrogen-bond donors (Lipinski definition) is 1. The van der Waals surface area contributed by atoms with Crippen LogP contribution in [0.2, 0.25) is 0 Å². The zero-order chi connectivity index (χ0) is 12.6. The second-order valence-corrected chi connectivity index (χ2v) is 3.86. The molecular formula is C10H19F3N2O. The molecule has 0 aromatic heterocycles. The quantitative estimate of drug-likeness (QED) is 0.688. The Morgan fingerprint density at radius 2 is 1.81 bits per heavy atom. The Hall–Kier alpha value is -0.780. The summed E-state index contributed by atoms with van der Waals surface area (Å²) in [4.78, 5) is 12.6. The molecule has 0 aliphatic carbocycles. The molecule has 0 fully saturated rings. The number of unbranched alkanes of at least 4 members (excludes halogenated alkanes) is 1. The maximum atomic E-state index is 11.8. The fourth-order valence-corrected chi connectivity index (χ4v) is 1.12. The lowest BCUT2D eigenvalue weighted by molar-refractivity contribution is -0.135. The highest BCUT2D eigenvalue weighted by Crippen LogP contribution is 2.21. The topological polar surface area (TPSA) is 32.3 Å². The van der Waals surface area contributed by atoms with Crippen molar-refractivity contribution in [1.29, 1.82) is 0 Å². The molecule has 0 heterocycles. The van der Waals surface area contributed by atoms with Crippen LogP contribution in [0.4, 0.5) is 13.2 Å². The van der Waals surface area contributed by atoms with E-state index in [9.17, 15) is 18.0 Å². The van der Waals surface area contributed by atoms with E-state index in [0.29, 0.717) is 25.9 Å². The van der Waals surface area contributed by atoms with Crippen LogP contribution < -0.4 is 5.32 Å². The van der Waals surface area contributed by atoms with Gasteiger partial charge in [-0.25, -0.2) is 0 Å². The van der Waals surface area contributed by atoms with Gasteiger partial charge in [-0.2, -0.15) is 13.2 Å². The lowest BCUT2D eigenvalue weighted by Crippen LogP contribution is -2.27. The number of nitrogens with zero attached hydrogens (tertiary/aromatic N) is 1. The molecule has 0 saturated carbocycles. The van der Waals surface area contributed by atoms with Crippen molar-refractivity contribution in [2.75, 3.05) is 27.2 Å². The van der Waals surface area contributed by atoms with E-state index in [0.717, 1.165) is 0 Å². The molecule has 96 valence electrons. The third-order valence-corrected chi connectivity index (χ3v) is 2.08. The zero-order valence-corrected chi connectivity index (χ0v) is 9.73. The van der Waals surface area contributed by atoms with Gasteiger partial charge in [0.25, 0.3) is 0 Å². The van der Waals surface area contributed by atoms with Gasteiger partial charge in [-0.1, -0.05) is 0 Å². The maximum absolute atomic E-state index is 11.8. The molecular weight excluding hydrogens is 221 g/mol. The molecule has 0 rings (SSSR count). The molecule has 0 saturated heterocycles. The van der Waals surface area contributed by atoms with Crippen molar-refractivity contribution >= 4 is 5.91 Å². The van der Waals surface area contributed by atoms with Crippen LogP contribution in [0.25, 0.3) is 0 Å². The molecule has 0 radical (unpaired) electrons. The van der Waals surface area contributed by atoms with Crippen LogP contribution in [0.1, 0.15) is 25.7 Å². The molecule has 0 aromatic rings. The van der Waals surface area contributed by atoms with Gasteiger partial charge in [-0.05, 0) is 19.4 Å². The molecule has 1 amide bonds. The molecule has 6 heteroatoms. The average molecular weight is 240 g/mol. The predicted octanol–water partition coefficient (Wildman–Crippen LogP) is 1.79. The summed E-state index contributed by atoms with van der Waals surface area (Å²) < 4.78 is 35.3. The Labute approximate surface area is 94.0 Å². The summed E-state index contributed by atoms with van der Waals surface area (Å²) in [5, 5.41) is 2.94. The summed E-state index contributed by atoms with van der Waals surface area (Å²) >= 11 is 0. The Kier molecular flexibility index (Phi) is 7.12. The van der Waals surface area contributed by atoms with Crippen LogP contribution in [-0.4, -0.2) is 44.2 Å². The first-order chi connectivity index (χ1) is 7.33. The molecule has 0 unspecified atom stereocenters. The monoisotopic (exact) mass is 240 g/mol. The van der Waals surface area contributed by atoms with Gasteiger partial charge in [-0.15, -0.1) is 0 Å². The van der Waals surface area contributed by atoms with E-state index in [1.165, 1.54) is 4.90 Å². The Morgan fingerprint density at radius 3 is 2.31 bits per heavy atom. The van der Waals surface area contributed by atoms with E-state index < -0.39 is 12.6 Å². The van der Waals surface area contributed by atoms with Crippen molar-refractivity contribution in [3.8, 4) is 0 Å². The molecule has 0 aliphatic heterocycles. The van der Waals surface area contributed by atoms with Gasteiger partial charge in [0.15, 0.2) is 0 Å². The van der Waals surface area contributed by atoms with Crippen LogP contribution in [0.15, 0.2) is 0 Å². The second kappa shape index (κ2) is 7.49. The van der Waals surface area contributed by atoms with Gasteiger partial charge in [0.05, 0.1) is 0 Å². The van der Waals surface area contributed by atoms with Crippen LogP contribution in [0.5, 0.6) is 0 Å². The van der Waals surface area contributed by atoms with E-state index >= 15 is 0 Å². The predicted molar refractivity (Wildman–Crippen MR) is 56.1 cm³/mol. The fourth-order valence-electron chi connectivity index (χ4n) is 1.12. The molecule has 0 aromatic carbocycles. The molecule has 0 bridgehead atoms. The number of amides is 1. The number of rotatable bonds is 7. The standard InChI is InChI=1S/C10H19F3N2O/c1-15(2)9(16)5-8-14-7-4-3-6-10(11,12)13/h14H,3-8H2,1-2H3. The first-order valence-corrected chi connectivity index (χ1v) is 5.30.